The molecule has 0 aliphatic carbocycles. The number of rotatable bonds is 55. The van der Waals surface area contributed by atoms with Crippen molar-refractivity contribution in [1.82, 2.24) is 105 Å². The van der Waals surface area contributed by atoms with Crippen molar-refractivity contribution in [2.45, 2.75) is 258 Å². The lowest BCUT2D eigenvalue weighted by Gasteiger charge is -2.29. The molecule has 2 heterocycles. The summed E-state index contributed by atoms with van der Waals surface area (Å²) in [5, 5.41) is 68.9. The van der Waals surface area contributed by atoms with E-state index in [1.807, 2.05) is 0 Å². The molecule has 0 aliphatic rings. The number of hydrogen-bond acceptors (Lipinski definition) is 24. The second-order valence-electron chi connectivity index (χ2n) is 32.2. The number of amides is 18. The molecule has 0 bridgehead atoms. The smallest absolute Gasteiger partial charge is 0.303 e. The largest absolute Gasteiger partial charge is 0.508 e. The molecule has 27 N–H and O–H groups in total. The highest BCUT2D eigenvalue weighted by molar-refractivity contribution is 6.01. The van der Waals surface area contributed by atoms with Crippen LogP contribution in [0.2, 0.25) is 0 Å². The number of H-pyrrole nitrogens is 2. The van der Waals surface area contributed by atoms with Crippen LogP contribution in [0.4, 0.5) is 0 Å². The first kappa shape index (κ1) is 105. The van der Waals surface area contributed by atoms with E-state index in [2.05, 4.69) is 105 Å². The summed E-state index contributed by atoms with van der Waals surface area (Å²) in [5.74, 6) is -19.5. The Morgan fingerprint density at radius 3 is 1.21 bits per heavy atom. The minimum absolute atomic E-state index is 0.00720. The highest BCUT2D eigenvalue weighted by Gasteiger charge is 2.39. The van der Waals surface area contributed by atoms with Gasteiger partial charge in [0.1, 0.15) is 84.3 Å². The summed E-state index contributed by atoms with van der Waals surface area (Å²) in [6.07, 6.45) is 1.84. The number of carboxylic acids is 1. The number of phenolic OH excluding ortho intramolecular Hbond substituents is 1. The van der Waals surface area contributed by atoms with Crippen LogP contribution in [0.15, 0.2) is 49.3 Å². The van der Waals surface area contributed by atoms with Crippen molar-refractivity contribution in [2.24, 2.45) is 46.8 Å². The highest BCUT2D eigenvalue weighted by Crippen LogP contribution is 2.17. The van der Waals surface area contributed by atoms with E-state index in [4.69, 9.17) is 17.2 Å². The van der Waals surface area contributed by atoms with Crippen LogP contribution in [0.1, 0.15) is 165 Å². The van der Waals surface area contributed by atoms with Gasteiger partial charge < -0.3 is 128 Å². The van der Waals surface area contributed by atoms with Crippen LogP contribution in [0, 0.1) is 29.6 Å². The van der Waals surface area contributed by atoms with Gasteiger partial charge in [-0.15, -0.1) is 0 Å². The van der Waals surface area contributed by atoms with E-state index >= 15 is 0 Å². The number of aromatic nitrogens is 4. The number of nitrogens with zero attached hydrogens (tertiary/aromatic N) is 2. The van der Waals surface area contributed by atoms with E-state index in [0.29, 0.717) is 17.7 Å². The molecule has 0 spiro atoms. The monoisotopic (exact) mass is 1750 g/mol. The second-order valence-corrected chi connectivity index (χ2v) is 32.2. The number of phenols is 1. The molecule has 0 fully saturated rings. The van der Waals surface area contributed by atoms with Crippen LogP contribution in [-0.2, 0) is 110 Å². The molecule has 0 saturated carbocycles. The third kappa shape index (κ3) is 39.0. The normalized spacial score (nSPS) is 15.1. The lowest BCUT2D eigenvalue weighted by Crippen LogP contribution is -2.61. The zero-order valence-electron chi connectivity index (χ0n) is 72.3. The van der Waals surface area contributed by atoms with Crippen LogP contribution in [-0.4, -0.2) is 258 Å². The van der Waals surface area contributed by atoms with E-state index in [1.54, 1.807) is 69.2 Å². The molecule has 0 radical (unpaired) electrons. The van der Waals surface area contributed by atoms with E-state index in [9.17, 15) is 106 Å². The number of aromatic amines is 2. The predicted molar refractivity (Wildman–Crippen MR) is 444 cm³/mol. The summed E-state index contributed by atoms with van der Waals surface area (Å²) in [6, 6.07) is -14.0. The van der Waals surface area contributed by atoms with Gasteiger partial charge in [-0.05, 0) is 114 Å². The molecule has 45 nitrogen and oxygen atoms in total. The number of carboxylic acid groups (broad SMARTS) is 1. The van der Waals surface area contributed by atoms with Gasteiger partial charge in [-0.25, -0.2) is 9.97 Å². The van der Waals surface area contributed by atoms with Gasteiger partial charge >= 0.3 is 5.97 Å². The Morgan fingerprint density at radius 2 is 0.766 bits per heavy atom. The zero-order valence-corrected chi connectivity index (χ0v) is 72.3. The van der Waals surface area contributed by atoms with Crippen molar-refractivity contribution in [2.75, 3.05) is 19.6 Å². The van der Waals surface area contributed by atoms with Gasteiger partial charge in [0.15, 0.2) is 0 Å². The minimum Gasteiger partial charge on any atom is -0.508 e. The first-order valence-corrected chi connectivity index (χ1v) is 40.8. The second kappa shape index (κ2) is 52.6. The Bertz CT molecular complexity index is 4130. The summed E-state index contributed by atoms with van der Waals surface area (Å²) in [4.78, 5) is 268. The molecule has 124 heavy (non-hydrogen) atoms. The number of carbonyl (C=O) groups is 19. The lowest BCUT2D eigenvalue weighted by atomic mass is 9.96. The summed E-state index contributed by atoms with van der Waals surface area (Å²) in [5.41, 5.74) is 18.3. The van der Waals surface area contributed by atoms with Crippen LogP contribution in [0.5, 0.6) is 5.75 Å². The summed E-state index contributed by atoms with van der Waals surface area (Å²) in [6.45, 7) is 20.0. The van der Waals surface area contributed by atoms with Crippen molar-refractivity contribution in [3.63, 3.8) is 0 Å². The van der Waals surface area contributed by atoms with E-state index < -0.39 is 248 Å². The van der Waals surface area contributed by atoms with Crippen LogP contribution in [0.3, 0.4) is 0 Å². The number of nitrogens with one attached hydrogen (secondary N) is 18. The van der Waals surface area contributed by atoms with Gasteiger partial charge in [0.05, 0.1) is 50.9 Å². The molecular weight excluding hydrogens is 1620 g/mol. The van der Waals surface area contributed by atoms with Crippen LogP contribution < -0.4 is 102 Å². The molecule has 16 atom stereocenters. The number of aliphatic carboxylic acids is 1. The fourth-order valence-electron chi connectivity index (χ4n) is 12.2. The Balaban J connectivity index is 1.65. The van der Waals surface area contributed by atoms with Crippen molar-refractivity contribution in [3.05, 3.63) is 66.3 Å². The van der Waals surface area contributed by atoms with Crippen molar-refractivity contribution in [3.8, 4) is 5.75 Å². The number of aromatic hydroxyl groups is 1. The molecule has 0 aliphatic heterocycles. The topological polar surface area (TPSA) is 713 Å². The Morgan fingerprint density at radius 1 is 0.395 bits per heavy atom. The molecule has 3 rings (SSSR count). The van der Waals surface area contributed by atoms with Gasteiger partial charge in [-0.2, -0.15) is 0 Å². The molecule has 3 aromatic rings. The molecule has 2 aromatic heterocycles. The van der Waals surface area contributed by atoms with Gasteiger partial charge in [0.2, 0.25) is 106 Å². The number of hydrogen-bond donors (Lipinski definition) is 24. The number of aliphatic hydroxyl groups is 1. The van der Waals surface area contributed by atoms with E-state index in [1.165, 1.54) is 77.0 Å². The molecule has 688 valence electrons. The van der Waals surface area contributed by atoms with Crippen molar-refractivity contribution >= 4 is 112 Å². The maximum absolute atomic E-state index is 14.3. The molecular formula is C79H125N23O22. The Hall–Kier alpha value is -12.7. The number of carbonyl (C=O) groups excluding carboxylic acids is 18. The number of nitrogens with two attached hydrogens (primary N) is 3. The maximum atomic E-state index is 14.3. The van der Waals surface area contributed by atoms with Crippen LogP contribution >= 0.6 is 0 Å². The standard InChI is InChI=1S/C79H125N23O22/c1-15-41(10)64(78(123)100-55(25-40(8)9)77(122)102-65(45(14)103)79(124)95-52(66(82)111)22-37(2)3)101-62(108)34-86-68(113)43(12)91-69(114)44(13)92-73(118)57(28-48-31-84-36-89-48)99-76(121)58(29-59(81)105)93-61(107)33-85-67(112)42(11)90-60(106)32-87-71(116)56(27-47-30-83-35-88-47)98-75(120)54(24-39(6)7)97-74(119)53(23-38(4)5)96-72(117)51(20-21-63(109)110)94-70(115)50(80)26-46-16-18-49(104)19-17-46/h16-19,30-31,35-45,50-58,64-65,103-104H,15,20-29,32-34,80H2,1-14H3,(H2,81,105)(H2,82,111)(H,83,88)(H,84,89)(H,85,112)(H,86,113)(H,87,116)(H,90,106)(H,91,114)(H,92,118)(H,93,107)(H,94,115)(H,95,124)(H,96,117)(H,97,119)(H,98,120)(H,99,121)(H,100,123)(H,101,108)(H,102,122)(H,109,110)/t41-,42-,43-,44-,45+,50-,51-,52-,53-,54-,55-,56-,57-,58-,64-,65-/m0/s1. The van der Waals surface area contributed by atoms with Gasteiger partial charge in [0.25, 0.3) is 0 Å². The molecule has 1 aromatic carbocycles. The van der Waals surface area contributed by atoms with E-state index in [-0.39, 0.29) is 80.1 Å². The lowest BCUT2D eigenvalue weighted by molar-refractivity contribution is -0.138. The number of aliphatic hydroxyl groups excluding tert-OH is 1. The first-order chi connectivity index (χ1) is 58.1. The van der Waals surface area contributed by atoms with Gasteiger partial charge in [-0.1, -0.05) is 87.8 Å². The minimum atomic E-state index is -1.81. The summed E-state index contributed by atoms with van der Waals surface area (Å²) < 4.78 is 0. The first-order valence-electron chi connectivity index (χ1n) is 40.8. The SMILES string of the molecule is CC[C@H](C)[C@H](NC(=O)CNC(=O)[C@H](C)NC(=O)[C@H](C)NC(=O)[C@H](Cc1cnc[nH]1)NC(=O)[C@H](CC(N)=O)NC(=O)CNC(=O)[C@H](C)NC(=O)CNC(=O)[C@H](Cc1cnc[nH]1)NC(=O)[C@H](CC(C)C)NC(=O)[C@H](CC(C)C)NC(=O)[C@H](CCC(=O)O)NC(=O)[C@@H](N)Cc1ccc(O)cc1)C(=O)N[C@@H](CC(C)C)C(=O)N[C@H](C(=O)N[C@@H](CC(C)C)C(N)=O)[C@@H](C)O. The highest BCUT2D eigenvalue weighted by atomic mass is 16.4. The zero-order chi connectivity index (χ0) is 93.5. The molecule has 0 unspecified atom stereocenters. The average molecular weight is 1750 g/mol. The maximum Gasteiger partial charge on any atom is 0.303 e. The third-order valence-electron chi connectivity index (χ3n) is 19.1. The number of imidazole rings is 2. The van der Waals surface area contributed by atoms with E-state index in [0.717, 1.165) is 0 Å². The summed E-state index contributed by atoms with van der Waals surface area (Å²) >= 11 is 0. The third-order valence-corrected chi connectivity index (χ3v) is 19.1. The van der Waals surface area contributed by atoms with Gasteiger partial charge in [-0.3, -0.25) is 91.1 Å². The Labute approximate surface area is 717 Å². The average Bonchev–Trinajstić information content (AvgIpc) is 1.27. The van der Waals surface area contributed by atoms with Crippen LogP contribution in [0.25, 0.3) is 0 Å². The molecule has 18 amide bonds. The fourth-order valence-corrected chi connectivity index (χ4v) is 12.2. The van der Waals surface area contributed by atoms with Gasteiger partial charge in [0, 0.05) is 43.0 Å². The quantitative estimate of drug-likeness (QED) is 0.0250. The number of primary amides is 2. The predicted octanol–water partition coefficient (Wildman–Crippen LogP) is -6.26. The fraction of sp³-hybridized carbons (Fsp3) is 0.608. The molecule has 0 saturated heterocycles. The number of benzene rings is 1. The Kier molecular flexibility index (Phi) is 44.7. The summed E-state index contributed by atoms with van der Waals surface area (Å²) in [7, 11) is 0. The van der Waals surface area contributed by atoms with Crippen molar-refractivity contribution in [1.29, 1.82) is 0 Å². The van der Waals surface area contributed by atoms with Crippen molar-refractivity contribution < 1.29 is 106 Å². The molecule has 45 heteroatoms.